The van der Waals surface area contributed by atoms with E-state index in [0.29, 0.717) is 10.9 Å². The van der Waals surface area contributed by atoms with Crippen molar-refractivity contribution in [2.75, 3.05) is 10.6 Å². The number of benzene rings is 2. The summed E-state index contributed by atoms with van der Waals surface area (Å²) in [5, 5.41) is 21.4. The van der Waals surface area contributed by atoms with Crippen LogP contribution < -0.4 is 16.0 Å². The van der Waals surface area contributed by atoms with Crippen molar-refractivity contribution in [2.45, 2.75) is 0 Å². The molecule has 2 aromatic carbocycles. The highest BCUT2D eigenvalue weighted by molar-refractivity contribution is 7.80. The van der Waals surface area contributed by atoms with Crippen LogP contribution in [-0.4, -0.2) is 15.0 Å². The Bertz CT molecular complexity index is 1050. The fraction of sp³-hybridized carbons (Fsp3) is 0. The van der Waals surface area contributed by atoms with Crippen LogP contribution in [0.15, 0.2) is 54.6 Å². The maximum absolute atomic E-state index is 10.8. The Morgan fingerprint density at radius 1 is 1.11 bits per heavy atom. The second-order valence-electron chi connectivity index (χ2n) is 5.67. The van der Waals surface area contributed by atoms with Gasteiger partial charge < -0.3 is 16.0 Å². The number of para-hydroxylation sites is 1. The molecule has 0 aliphatic carbocycles. The molecule has 0 atom stereocenters. The van der Waals surface area contributed by atoms with Crippen molar-refractivity contribution in [3.05, 3.63) is 75.2 Å². The van der Waals surface area contributed by atoms with Crippen molar-refractivity contribution in [2.24, 2.45) is 0 Å². The van der Waals surface area contributed by atoms with Crippen molar-refractivity contribution in [1.29, 1.82) is 0 Å². The molecule has 3 N–H and O–H groups in total. The summed E-state index contributed by atoms with van der Waals surface area (Å²) in [7, 11) is 0. The lowest BCUT2D eigenvalue weighted by atomic mass is 10.1. The van der Waals surface area contributed by atoms with E-state index in [9.17, 15) is 10.1 Å². The summed E-state index contributed by atoms with van der Waals surface area (Å²) in [5.41, 5.74) is 2.62. The maximum atomic E-state index is 10.8. The van der Waals surface area contributed by atoms with Crippen LogP contribution in [0.1, 0.15) is 10.4 Å². The smallest absolute Gasteiger partial charge is 0.269 e. The van der Waals surface area contributed by atoms with Crippen molar-refractivity contribution in [1.82, 2.24) is 10.3 Å². The fourth-order valence-electron chi connectivity index (χ4n) is 2.56. The average Bonchev–Trinajstić information content (AvgIpc) is 3.05. The molecule has 0 spiro atoms. The maximum Gasteiger partial charge on any atom is 0.269 e. The molecule has 3 aromatic rings. The zero-order valence-corrected chi connectivity index (χ0v) is 15.4. The first-order valence-corrected chi connectivity index (χ1v) is 9.18. The zero-order valence-electron chi connectivity index (χ0n) is 13.8. The Labute approximate surface area is 163 Å². The SMILES string of the molecule is O=[N+]([O-])c1ccc(/C=C2/NC(=S)Nc3nc(Nc4ccccc4)sc32)cc1. The third-order valence-electron chi connectivity index (χ3n) is 3.79. The highest BCUT2D eigenvalue weighted by atomic mass is 32.1. The van der Waals surface area contributed by atoms with E-state index in [2.05, 4.69) is 20.9 Å². The van der Waals surface area contributed by atoms with Gasteiger partial charge in [-0.05, 0) is 48.1 Å². The first-order valence-electron chi connectivity index (χ1n) is 7.96. The minimum atomic E-state index is -0.419. The number of hydrogen-bond acceptors (Lipinski definition) is 6. The molecule has 0 amide bonds. The number of thiocarbonyl (C=S) groups is 1. The van der Waals surface area contributed by atoms with Gasteiger partial charge in [0.05, 0.1) is 15.5 Å². The summed E-state index contributed by atoms with van der Waals surface area (Å²) < 4.78 is 0. The Hall–Kier alpha value is -3.30. The first kappa shape index (κ1) is 17.1. The molecule has 1 aliphatic rings. The van der Waals surface area contributed by atoms with Gasteiger partial charge in [-0.1, -0.05) is 29.5 Å². The number of rotatable bonds is 4. The third-order valence-corrected chi connectivity index (χ3v) is 5.00. The highest BCUT2D eigenvalue weighted by Crippen LogP contribution is 2.36. The summed E-state index contributed by atoms with van der Waals surface area (Å²) in [6.07, 6.45) is 1.89. The van der Waals surface area contributed by atoms with Crippen molar-refractivity contribution < 1.29 is 4.92 Å². The number of fused-ring (bicyclic) bond motifs is 1. The van der Waals surface area contributed by atoms with E-state index >= 15 is 0 Å². The standard InChI is InChI=1S/C18H13N5O2S2/c24-23(25)13-8-6-11(7-9-13)10-14-15-16(21-17(26)20-14)22-18(27-15)19-12-4-2-1-3-5-12/h1-10H,(H,19,22)(H2,20,21,26)/b14-10+. The van der Waals surface area contributed by atoms with Gasteiger partial charge >= 0.3 is 0 Å². The number of non-ortho nitro benzene ring substituents is 1. The quantitative estimate of drug-likeness (QED) is 0.338. The summed E-state index contributed by atoms with van der Waals surface area (Å²) >= 11 is 6.75. The molecular weight excluding hydrogens is 382 g/mol. The minimum absolute atomic E-state index is 0.0544. The van der Waals surface area contributed by atoms with E-state index < -0.39 is 4.92 Å². The summed E-state index contributed by atoms with van der Waals surface area (Å²) in [4.78, 5) is 15.8. The van der Waals surface area contributed by atoms with Crippen molar-refractivity contribution in [3.63, 3.8) is 0 Å². The van der Waals surface area contributed by atoms with Crippen LogP contribution in [0, 0.1) is 10.1 Å². The van der Waals surface area contributed by atoms with E-state index in [1.807, 2.05) is 36.4 Å². The molecule has 0 saturated heterocycles. The predicted octanol–water partition coefficient (Wildman–Crippen LogP) is 4.59. The topological polar surface area (TPSA) is 92.1 Å². The van der Waals surface area contributed by atoms with Gasteiger partial charge in [0, 0.05) is 17.8 Å². The van der Waals surface area contributed by atoms with Crippen LogP contribution in [0.3, 0.4) is 0 Å². The van der Waals surface area contributed by atoms with E-state index in [1.54, 1.807) is 12.1 Å². The lowest BCUT2D eigenvalue weighted by molar-refractivity contribution is -0.384. The van der Waals surface area contributed by atoms with E-state index in [0.717, 1.165) is 27.0 Å². The number of anilines is 3. The van der Waals surface area contributed by atoms with E-state index in [1.165, 1.54) is 23.5 Å². The van der Waals surface area contributed by atoms with Crippen LogP contribution in [0.4, 0.5) is 22.3 Å². The van der Waals surface area contributed by atoms with Crippen LogP contribution in [-0.2, 0) is 0 Å². The van der Waals surface area contributed by atoms with Crippen molar-refractivity contribution in [3.8, 4) is 0 Å². The van der Waals surface area contributed by atoms with Crippen LogP contribution in [0.2, 0.25) is 0 Å². The van der Waals surface area contributed by atoms with Gasteiger partial charge in [0.2, 0.25) is 0 Å². The number of hydrogen-bond donors (Lipinski definition) is 3. The Morgan fingerprint density at radius 3 is 2.56 bits per heavy atom. The van der Waals surface area contributed by atoms with E-state index in [-0.39, 0.29) is 5.69 Å². The van der Waals surface area contributed by atoms with Gasteiger partial charge in [0.1, 0.15) is 0 Å². The second kappa shape index (κ2) is 7.14. The average molecular weight is 395 g/mol. The van der Waals surface area contributed by atoms with Gasteiger partial charge in [0.15, 0.2) is 16.1 Å². The Morgan fingerprint density at radius 2 is 1.85 bits per heavy atom. The lowest BCUT2D eigenvalue weighted by Crippen LogP contribution is -2.31. The number of aromatic nitrogens is 1. The molecule has 0 saturated carbocycles. The molecule has 0 bridgehead atoms. The monoisotopic (exact) mass is 395 g/mol. The molecule has 134 valence electrons. The van der Waals surface area contributed by atoms with E-state index in [4.69, 9.17) is 12.2 Å². The molecule has 0 radical (unpaired) electrons. The van der Waals surface area contributed by atoms with Gasteiger partial charge in [-0.3, -0.25) is 10.1 Å². The minimum Gasteiger partial charge on any atom is -0.331 e. The first-order chi connectivity index (χ1) is 13.1. The largest absolute Gasteiger partial charge is 0.331 e. The fourth-order valence-corrected chi connectivity index (χ4v) is 3.68. The molecule has 1 aromatic heterocycles. The molecule has 2 heterocycles. The molecule has 1 aliphatic heterocycles. The van der Waals surface area contributed by atoms with Gasteiger partial charge in [-0.2, -0.15) is 0 Å². The number of thiazole rings is 1. The molecule has 9 heteroatoms. The predicted molar refractivity (Wildman–Crippen MR) is 112 cm³/mol. The lowest BCUT2D eigenvalue weighted by Gasteiger charge is -2.18. The molecule has 7 nitrogen and oxygen atoms in total. The van der Waals surface area contributed by atoms with Gasteiger partial charge in [0.25, 0.3) is 5.69 Å². The molecular formula is C18H13N5O2S2. The van der Waals surface area contributed by atoms with Gasteiger partial charge in [-0.25, -0.2) is 4.98 Å². The van der Waals surface area contributed by atoms with Crippen molar-refractivity contribution >= 4 is 62.8 Å². The van der Waals surface area contributed by atoms with Crippen LogP contribution >= 0.6 is 23.6 Å². The molecule has 4 rings (SSSR count). The third kappa shape index (κ3) is 3.78. The highest BCUT2D eigenvalue weighted by Gasteiger charge is 2.22. The Balaban J connectivity index is 1.65. The molecule has 27 heavy (non-hydrogen) atoms. The number of nitro groups is 1. The second-order valence-corrected chi connectivity index (χ2v) is 7.08. The Kier molecular flexibility index (Phi) is 4.53. The summed E-state index contributed by atoms with van der Waals surface area (Å²) in [5.74, 6) is 0.676. The number of nitrogens with zero attached hydrogens (tertiary/aromatic N) is 2. The van der Waals surface area contributed by atoms with Crippen LogP contribution in [0.25, 0.3) is 11.8 Å². The molecule has 0 fully saturated rings. The van der Waals surface area contributed by atoms with Crippen LogP contribution in [0.5, 0.6) is 0 Å². The van der Waals surface area contributed by atoms with Gasteiger partial charge in [-0.15, -0.1) is 0 Å². The summed E-state index contributed by atoms with van der Waals surface area (Å²) in [6, 6.07) is 16.1. The number of nitrogens with one attached hydrogen (secondary N) is 3. The molecule has 0 unspecified atom stereocenters. The summed E-state index contributed by atoms with van der Waals surface area (Å²) in [6.45, 7) is 0. The normalized spacial score (nSPS) is 14.2. The zero-order chi connectivity index (χ0) is 18.8. The number of nitro benzene ring substituents is 1.